The Morgan fingerprint density at radius 1 is 1.30 bits per heavy atom. The van der Waals surface area contributed by atoms with Gasteiger partial charge in [0.2, 0.25) is 0 Å². The van der Waals surface area contributed by atoms with Gasteiger partial charge in [-0.3, -0.25) is 9.20 Å². The third-order valence-corrected chi connectivity index (χ3v) is 3.72. The lowest BCUT2D eigenvalue weighted by molar-refractivity contribution is 0.0935. The molecule has 0 saturated heterocycles. The van der Waals surface area contributed by atoms with Crippen LogP contribution < -0.4 is 10.1 Å². The van der Waals surface area contributed by atoms with Gasteiger partial charge in [-0.25, -0.2) is 0 Å². The van der Waals surface area contributed by atoms with Crippen molar-refractivity contribution in [2.75, 3.05) is 7.11 Å². The van der Waals surface area contributed by atoms with E-state index < -0.39 is 0 Å². The maximum absolute atomic E-state index is 12.5. The molecule has 0 aliphatic heterocycles. The number of carbonyl (C=O) groups is 1. The lowest BCUT2D eigenvalue weighted by Crippen LogP contribution is -2.28. The van der Waals surface area contributed by atoms with E-state index in [1.807, 2.05) is 35.7 Å². The molecule has 6 nitrogen and oxygen atoms in total. The van der Waals surface area contributed by atoms with Crippen molar-refractivity contribution in [1.29, 1.82) is 0 Å². The highest BCUT2D eigenvalue weighted by molar-refractivity contribution is 6.31. The van der Waals surface area contributed by atoms with Crippen LogP contribution in [-0.2, 0) is 0 Å². The summed E-state index contributed by atoms with van der Waals surface area (Å²) >= 11 is 5.97. The van der Waals surface area contributed by atoms with Gasteiger partial charge in [-0.15, -0.1) is 10.2 Å². The van der Waals surface area contributed by atoms with Crippen LogP contribution in [0.3, 0.4) is 0 Å². The van der Waals surface area contributed by atoms with Gasteiger partial charge in [0.05, 0.1) is 18.7 Å². The van der Waals surface area contributed by atoms with Crippen molar-refractivity contribution in [3.63, 3.8) is 0 Å². The predicted octanol–water partition coefficient (Wildman–Crippen LogP) is 2.88. The molecule has 0 fully saturated rings. The molecule has 0 saturated carbocycles. The molecule has 0 spiro atoms. The maximum Gasteiger partial charge on any atom is 0.255 e. The SMILES string of the molecule is COc1ccc(Cl)cc1C(=O)NC(C)c1nnc2ccccn12. The number of halogens is 1. The second-order valence-corrected chi connectivity index (χ2v) is 5.46. The zero-order chi connectivity index (χ0) is 16.4. The first-order valence-corrected chi connectivity index (χ1v) is 7.42. The van der Waals surface area contributed by atoms with Crippen LogP contribution in [0.25, 0.3) is 5.65 Å². The van der Waals surface area contributed by atoms with Gasteiger partial charge in [-0.2, -0.15) is 0 Å². The summed E-state index contributed by atoms with van der Waals surface area (Å²) in [5.74, 6) is 0.824. The summed E-state index contributed by atoms with van der Waals surface area (Å²) in [4.78, 5) is 12.5. The zero-order valence-electron chi connectivity index (χ0n) is 12.7. The molecule has 0 bridgehead atoms. The predicted molar refractivity (Wildman–Crippen MR) is 86.9 cm³/mol. The Labute approximate surface area is 138 Å². The van der Waals surface area contributed by atoms with Crippen LogP contribution in [0.2, 0.25) is 5.02 Å². The molecule has 1 atom stereocenters. The van der Waals surface area contributed by atoms with E-state index in [9.17, 15) is 4.79 Å². The molecule has 3 rings (SSSR count). The number of hydrogen-bond donors (Lipinski definition) is 1. The summed E-state index contributed by atoms with van der Waals surface area (Å²) in [5, 5.41) is 11.6. The minimum atomic E-state index is -0.330. The number of hydrogen-bond acceptors (Lipinski definition) is 4. The van der Waals surface area contributed by atoms with Crippen LogP contribution in [0.4, 0.5) is 0 Å². The minimum absolute atomic E-state index is 0.287. The Morgan fingerprint density at radius 2 is 2.13 bits per heavy atom. The van der Waals surface area contributed by atoms with Gasteiger partial charge in [0.15, 0.2) is 11.5 Å². The molecule has 7 heteroatoms. The van der Waals surface area contributed by atoms with Crippen LogP contribution >= 0.6 is 11.6 Å². The van der Waals surface area contributed by atoms with E-state index in [2.05, 4.69) is 15.5 Å². The summed E-state index contributed by atoms with van der Waals surface area (Å²) in [5.41, 5.74) is 1.10. The van der Waals surface area contributed by atoms with Gasteiger partial charge in [0.25, 0.3) is 5.91 Å². The van der Waals surface area contributed by atoms with Gasteiger partial charge in [0, 0.05) is 11.2 Å². The highest BCUT2D eigenvalue weighted by Crippen LogP contribution is 2.23. The number of pyridine rings is 1. The summed E-state index contributed by atoms with van der Waals surface area (Å²) in [7, 11) is 1.51. The molecular formula is C16H15ClN4O2. The minimum Gasteiger partial charge on any atom is -0.496 e. The molecular weight excluding hydrogens is 316 g/mol. The maximum atomic E-state index is 12.5. The van der Waals surface area contributed by atoms with Crippen LogP contribution in [0.1, 0.15) is 29.1 Å². The molecule has 3 aromatic rings. The number of methoxy groups -OCH3 is 1. The average Bonchev–Trinajstić information content (AvgIpc) is 2.98. The van der Waals surface area contributed by atoms with Crippen molar-refractivity contribution in [3.8, 4) is 5.75 Å². The molecule has 1 N–H and O–H groups in total. The molecule has 118 valence electrons. The molecule has 2 aromatic heterocycles. The van der Waals surface area contributed by atoms with E-state index in [4.69, 9.17) is 16.3 Å². The molecule has 0 aliphatic carbocycles. The smallest absolute Gasteiger partial charge is 0.255 e. The highest BCUT2D eigenvalue weighted by atomic mass is 35.5. The Morgan fingerprint density at radius 3 is 2.91 bits per heavy atom. The number of aromatic nitrogens is 3. The Balaban J connectivity index is 1.87. The lowest BCUT2D eigenvalue weighted by atomic mass is 10.1. The third-order valence-electron chi connectivity index (χ3n) is 3.48. The number of nitrogens with one attached hydrogen (secondary N) is 1. The molecule has 2 heterocycles. The van der Waals surface area contributed by atoms with E-state index in [0.29, 0.717) is 22.2 Å². The second-order valence-electron chi connectivity index (χ2n) is 5.03. The number of amides is 1. The molecule has 1 aromatic carbocycles. The summed E-state index contributed by atoms with van der Waals surface area (Å²) in [6, 6.07) is 10.2. The summed E-state index contributed by atoms with van der Waals surface area (Å²) in [6.45, 7) is 1.85. The number of benzene rings is 1. The van der Waals surface area contributed by atoms with Gasteiger partial charge in [0.1, 0.15) is 5.75 Å². The second kappa shape index (κ2) is 6.26. The Hall–Kier alpha value is -2.60. The fraction of sp³-hybridized carbons (Fsp3) is 0.188. The molecule has 0 aliphatic rings. The van der Waals surface area contributed by atoms with E-state index >= 15 is 0 Å². The van der Waals surface area contributed by atoms with Crippen LogP contribution in [0.5, 0.6) is 5.75 Å². The van der Waals surface area contributed by atoms with Crippen molar-refractivity contribution >= 4 is 23.2 Å². The molecule has 1 amide bonds. The van der Waals surface area contributed by atoms with Crippen LogP contribution in [-0.4, -0.2) is 27.6 Å². The van der Waals surface area contributed by atoms with Gasteiger partial charge < -0.3 is 10.1 Å². The first kappa shape index (κ1) is 15.3. The fourth-order valence-corrected chi connectivity index (χ4v) is 2.52. The van der Waals surface area contributed by atoms with Gasteiger partial charge in [-0.1, -0.05) is 17.7 Å². The van der Waals surface area contributed by atoms with Crippen molar-refractivity contribution in [3.05, 3.63) is 59.0 Å². The van der Waals surface area contributed by atoms with Gasteiger partial charge >= 0.3 is 0 Å². The van der Waals surface area contributed by atoms with E-state index in [1.54, 1.807) is 18.2 Å². The van der Waals surface area contributed by atoms with E-state index in [1.165, 1.54) is 7.11 Å². The summed E-state index contributed by atoms with van der Waals surface area (Å²) in [6.07, 6.45) is 1.85. The van der Waals surface area contributed by atoms with Crippen molar-refractivity contribution in [2.24, 2.45) is 0 Å². The number of fused-ring (bicyclic) bond motifs is 1. The number of nitrogens with zero attached hydrogens (tertiary/aromatic N) is 3. The lowest BCUT2D eigenvalue weighted by Gasteiger charge is -2.14. The topological polar surface area (TPSA) is 68.5 Å². The Bertz CT molecular complexity index is 862. The highest BCUT2D eigenvalue weighted by Gasteiger charge is 2.19. The molecule has 23 heavy (non-hydrogen) atoms. The Kier molecular flexibility index (Phi) is 4.16. The van der Waals surface area contributed by atoms with Crippen molar-refractivity contribution < 1.29 is 9.53 Å². The van der Waals surface area contributed by atoms with Crippen LogP contribution in [0.15, 0.2) is 42.6 Å². The summed E-state index contributed by atoms with van der Waals surface area (Å²) < 4.78 is 7.04. The first-order valence-electron chi connectivity index (χ1n) is 7.04. The molecule has 0 radical (unpaired) electrons. The van der Waals surface area contributed by atoms with Gasteiger partial charge in [-0.05, 0) is 37.3 Å². The first-order chi connectivity index (χ1) is 11.1. The van der Waals surface area contributed by atoms with Crippen molar-refractivity contribution in [2.45, 2.75) is 13.0 Å². The fourth-order valence-electron chi connectivity index (χ4n) is 2.35. The average molecular weight is 331 g/mol. The van der Waals surface area contributed by atoms with Crippen LogP contribution in [0, 0.1) is 0 Å². The third kappa shape index (κ3) is 2.98. The standard InChI is InChI=1S/C16H15ClN4O2/c1-10(15-20-19-14-5-3-4-8-21(14)15)18-16(22)12-9-11(17)6-7-13(12)23-2/h3-10H,1-2H3,(H,18,22). The normalized spacial score (nSPS) is 12.1. The monoisotopic (exact) mass is 330 g/mol. The number of rotatable bonds is 4. The molecule has 1 unspecified atom stereocenters. The van der Waals surface area contributed by atoms with E-state index in [0.717, 1.165) is 5.65 Å². The van der Waals surface area contributed by atoms with E-state index in [-0.39, 0.29) is 11.9 Å². The zero-order valence-corrected chi connectivity index (χ0v) is 13.4. The number of ether oxygens (including phenoxy) is 1. The quantitative estimate of drug-likeness (QED) is 0.798. The van der Waals surface area contributed by atoms with Crippen molar-refractivity contribution in [1.82, 2.24) is 19.9 Å². The largest absolute Gasteiger partial charge is 0.496 e. The number of carbonyl (C=O) groups excluding carboxylic acids is 1.